The molecular formula is C14H24BrN3. The molecule has 0 spiro atoms. The van der Waals surface area contributed by atoms with E-state index in [0.717, 1.165) is 19.5 Å². The van der Waals surface area contributed by atoms with Gasteiger partial charge in [0.15, 0.2) is 0 Å². The topological polar surface area (TPSA) is 21.1 Å². The van der Waals surface area contributed by atoms with E-state index in [1.807, 2.05) is 0 Å². The van der Waals surface area contributed by atoms with Crippen LogP contribution >= 0.6 is 15.9 Å². The van der Waals surface area contributed by atoms with Gasteiger partial charge in [0.2, 0.25) is 0 Å². The van der Waals surface area contributed by atoms with Gasteiger partial charge >= 0.3 is 0 Å². The number of rotatable bonds is 4. The van der Waals surface area contributed by atoms with Gasteiger partial charge in [0.1, 0.15) is 0 Å². The van der Waals surface area contributed by atoms with Crippen LogP contribution in [0, 0.1) is 5.41 Å². The van der Waals surface area contributed by atoms with Gasteiger partial charge in [-0.1, -0.05) is 20.8 Å². The van der Waals surface area contributed by atoms with Crippen molar-refractivity contribution < 1.29 is 0 Å². The molecule has 0 radical (unpaired) electrons. The Kier molecular flexibility index (Phi) is 4.17. The van der Waals surface area contributed by atoms with E-state index in [4.69, 9.17) is 0 Å². The first-order valence-corrected chi connectivity index (χ1v) is 7.72. The maximum Gasteiger partial charge on any atom is 0.0767 e. The highest BCUT2D eigenvalue weighted by Gasteiger charge is 2.30. The fourth-order valence-electron chi connectivity index (χ4n) is 2.74. The number of likely N-dealkylation sites (tertiary alicyclic amines) is 1. The summed E-state index contributed by atoms with van der Waals surface area (Å²) in [4.78, 5) is 2.55. The van der Waals surface area contributed by atoms with E-state index in [1.165, 1.54) is 35.4 Å². The Balaban J connectivity index is 2.16. The molecule has 0 N–H and O–H groups in total. The Labute approximate surface area is 119 Å². The number of aryl methyl sites for hydroxylation is 2. The molecule has 102 valence electrons. The third kappa shape index (κ3) is 2.80. The van der Waals surface area contributed by atoms with Gasteiger partial charge in [0.25, 0.3) is 0 Å². The van der Waals surface area contributed by atoms with Gasteiger partial charge in [-0.3, -0.25) is 9.58 Å². The lowest BCUT2D eigenvalue weighted by Gasteiger charge is -2.20. The van der Waals surface area contributed by atoms with Gasteiger partial charge < -0.3 is 0 Å². The van der Waals surface area contributed by atoms with E-state index in [-0.39, 0.29) is 0 Å². The van der Waals surface area contributed by atoms with Gasteiger partial charge in [-0.05, 0) is 47.7 Å². The minimum atomic E-state index is 0.469. The zero-order chi connectivity index (χ0) is 13.3. The molecule has 3 nitrogen and oxygen atoms in total. The van der Waals surface area contributed by atoms with Crippen molar-refractivity contribution in [1.29, 1.82) is 0 Å². The lowest BCUT2D eigenvalue weighted by molar-refractivity contribution is 0.276. The van der Waals surface area contributed by atoms with E-state index < -0.39 is 0 Å². The molecule has 1 fully saturated rings. The summed E-state index contributed by atoms with van der Waals surface area (Å²) >= 11 is 3.73. The van der Waals surface area contributed by atoms with Crippen molar-refractivity contribution in [2.45, 2.75) is 53.6 Å². The minimum Gasteiger partial charge on any atom is -0.297 e. The molecule has 1 aromatic rings. The summed E-state index contributed by atoms with van der Waals surface area (Å²) in [5.41, 5.74) is 2.99. The van der Waals surface area contributed by atoms with Crippen molar-refractivity contribution in [3.8, 4) is 0 Å². The Morgan fingerprint density at radius 3 is 2.56 bits per heavy atom. The molecule has 0 aromatic carbocycles. The van der Waals surface area contributed by atoms with Crippen LogP contribution in [-0.4, -0.2) is 27.8 Å². The zero-order valence-electron chi connectivity index (χ0n) is 12.0. The monoisotopic (exact) mass is 313 g/mol. The number of nitrogens with zero attached hydrogens (tertiary/aromatic N) is 3. The van der Waals surface area contributed by atoms with Gasteiger partial charge in [-0.15, -0.1) is 0 Å². The van der Waals surface area contributed by atoms with Gasteiger partial charge in [0, 0.05) is 19.6 Å². The van der Waals surface area contributed by atoms with E-state index in [0.29, 0.717) is 5.41 Å². The summed E-state index contributed by atoms with van der Waals surface area (Å²) in [6.45, 7) is 13.4. The number of halogens is 1. The van der Waals surface area contributed by atoms with Crippen LogP contribution in [0.15, 0.2) is 4.47 Å². The van der Waals surface area contributed by atoms with Crippen LogP contribution in [0.5, 0.6) is 0 Å². The normalized spacial score (nSPS) is 19.6. The SMILES string of the molecule is CCc1nn(CC)c(CN2CCC(C)(C)C2)c1Br. The summed E-state index contributed by atoms with van der Waals surface area (Å²) in [6, 6.07) is 0. The minimum absolute atomic E-state index is 0.469. The summed E-state index contributed by atoms with van der Waals surface area (Å²) in [5.74, 6) is 0. The van der Waals surface area contributed by atoms with Gasteiger partial charge in [-0.2, -0.15) is 5.10 Å². The van der Waals surface area contributed by atoms with Crippen LogP contribution in [0.1, 0.15) is 45.5 Å². The van der Waals surface area contributed by atoms with Gasteiger partial charge in [0.05, 0.1) is 15.9 Å². The standard InChI is InChI=1S/C14H24BrN3/c1-5-11-13(15)12(18(6-2)16-11)9-17-8-7-14(3,4)10-17/h5-10H2,1-4H3. The highest BCUT2D eigenvalue weighted by Crippen LogP contribution is 2.31. The van der Waals surface area contributed by atoms with E-state index in [1.54, 1.807) is 0 Å². The average Bonchev–Trinajstić information content (AvgIpc) is 2.81. The van der Waals surface area contributed by atoms with E-state index >= 15 is 0 Å². The van der Waals surface area contributed by atoms with Crippen LogP contribution in [-0.2, 0) is 19.5 Å². The smallest absolute Gasteiger partial charge is 0.0767 e. The number of aromatic nitrogens is 2. The van der Waals surface area contributed by atoms with Crippen LogP contribution in [0.25, 0.3) is 0 Å². The molecule has 1 aliphatic rings. The zero-order valence-corrected chi connectivity index (χ0v) is 13.5. The Morgan fingerprint density at radius 1 is 1.33 bits per heavy atom. The quantitative estimate of drug-likeness (QED) is 0.848. The molecular weight excluding hydrogens is 290 g/mol. The van der Waals surface area contributed by atoms with Crippen LogP contribution < -0.4 is 0 Å². The molecule has 1 aliphatic heterocycles. The second-order valence-corrected chi connectivity index (χ2v) is 6.79. The summed E-state index contributed by atoms with van der Waals surface area (Å²) in [7, 11) is 0. The second-order valence-electron chi connectivity index (χ2n) is 6.00. The third-order valence-corrected chi connectivity index (χ3v) is 4.74. The van der Waals surface area contributed by atoms with E-state index in [9.17, 15) is 0 Å². The van der Waals surface area contributed by atoms with Crippen molar-refractivity contribution >= 4 is 15.9 Å². The number of hydrogen-bond acceptors (Lipinski definition) is 2. The molecule has 0 atom stereocenters. The first kappa shape index (κ1) is 14.1. The lowest BCUT2D eigenvalue weighted by Crippen LogP contribution is -2.24. The fourth-order valence-corrected chi connectivity index (χ4v) is 3.43. The average molecular weight is 314 g/mol. The first-order chi connectivity index (χ1) is 8.46. The first-order valence-electron chi connectivity index (χ1n) is 6.93. The Morgan fingerprint density at radius 2 is 2.06 bits per heavy atom. The van der Waals surface area contributed by atoms with Crippen molar-refractivity contribution in [2.24, 2.45) is 5.41 Å². The van der Waals surface area contributed by atoms with Crippen LogP contribution in [0.2, 0.25) is 0 Å². The largest absolute Gasteiger partial charge is 0.297 e. The molecule has 1 saturated heterocycles. The third-order valence-electron chi connectivity index (χ3n) is 3.82. The van der Waals surface area contributed by atoms with Crippen molar-refractivity contribution in [1.82, 2.24) is 14.7 Å². The molecule has 2 rings (SSSR count). The molecule has 0 unspecified atom stereocenters. The molecule has 0 bridgehead atoms. The summed E-state index contributed by atoms with van der Waals surface area (Å²) in [6.07, 6.45) is 2.29. The molecule has 18 heavy (non-hydrogen) atoms. The number of hydrogen-bond donors (Lipinski definition) is 0. The van der Waals surface area contributed by atoms with Crippen LogP contribution in [0.3, 0.4) is 0 Å². The van der Waals surface area contributed by atoms with Crippen molar-refractivity contribution in [2.75, 3.05) is 13.1 Å². The lowest BCUT2D eigenvalue weighted by atomic mass is 9.93. The predicted octanol–water partition coefficient (Wildman–Crippen LogP) is 3.46. The second kappa shape index (κ2) is 5.33. The fraction of sp³-hybridized carbons (Fsp3) is 0.786. The summed E-state index contributed by atoms with van der Waals surface area (Å²) < 4.78 is 3.37. The predicted molar refractivity (Wildman–Crippen MR) is 78.7 cm³/mol. The van der Waals surface area contributed by atoms with E-state index in [2.05, 4.69) is 58.3 Å². The van der Waals surface area contributed by atoms with Crippen molar-refractivity contribution in [3.63, 3.8) is 0 Å². The molecule has 0 aliphatic carbocycles. The molecule has 4 heteroatoms. The van der Waals surface area contributed by atoms with Gasteiger partial charge in [-0.25, -0.2) is 0 Å². The summed E-state index contributed by atoms with van der Waals surface area (Å²) in [5, 5.41) is 4.67. The van der Waals surface area contributed by atoms with Crippen molar-refractivity contribution in [3.05, 3.63) is 15.9 Å². The Bertz CT molecular complexity index is 423. The molecule has 2 heterocycles. The maximum absolute atomic E-state index is 4.67. The molecule has 0 saturated carbocycles. The highest BCUT2D eigenvalue weighted by molar-refractivity contribution is 9.10. The molecule has 0 amide bonds. The van der Waals surface area contributed by atoms with Crippen LogP contribution in [0.4, 0.5) is 0 Å². The molecule has 1 aromatic heterocycles. The maximum atomic E-state index is 4.67. The highest BCUT2D eigenvalue weighted by atomic mass is 79.9. The Hall–Kier alpha value is -0.350.